The number of aryl methyl sites for hydroxylation is 1. The molecule has 0 radical (unpaired) electrons. The molecular weight excluding hydrogens is 577 g/mol. The summed E-state index contributed by atoms with van der Waals surface area (Å²) in [6.45, 7) is 5.46. The largest absolute Gasteiger partial charge is 0.354 e. The van der Waals surface area contributed by atoms with Gasteiger partial charge in [0.2, 0.25) is 21.8 Å². The highest BCUT2D eigenvalue weighted by molar-refractivity contribution is 9.10. The van der Waals surface area contributed by atoms with E-state index in [0.717, 1.165) is 27.0 Å². The van der Waals surface area contributed by atoms with Gasteiger partial charge in [0.25, 0.3) is 0 Å². The Morgan fingerprint density at radius 3 is 2.26 bits per heavy atom. The molecule has 0 heterocycles. The summed E-state index contributed by atoms with van der Waals surface area (Å²) >= 11 is 16.1. The second-order valence-corrected chi connectivity index (χ2v) is 11.7. The van der Waals surface area contributed by atoms with Crippen molar-refractivity contribution in [1.82, 2.24) is 10.2 Å². The second-order valence-electron chi connectivity index (χ2n) is 8.14. The Labute approximate surface area is 225 Å². The van der Waals surface area contributed by atoms with Crippen LogP contribution in [0.5, 0.6) is 0 Å². The normalized spacial score (nSPS) is 12.2. The molecule has 1 unspecified atom stereocenters. The molecule has 7 nitrogen and oxygen atoms in total. The van der Waals surface area contributed by atoms with Crippen LogP contribution >= 0.6 is 39.1 Å². The number of benzene rings is 2. The van der Waals surface area contributed by atoms with Gasteiger partial charge >= 0.3 is 0 Å². The van der Waals surface area contributed by atoms with Crippen molar-refractivity contribution in [1.29, 1.82) is 0 Å². The molecule has 0 spiro atoms. The van der Waals surface area contributed by atoms with Crippen molar-refractivity contribution < 1.29 is 18.0 Å². The minimum absolute atomic E-state index is 0.0492. The van der Waals surface area contributed by atoms with E-state index in [0.29, 0.717) is 34.3 Å². The molecule has 2 rings (SSSR count). The number of sulfonamides is 1. The lowest BCUT2D eigenvalue weighted by atomic mass is 10.1. The Kier molecular flexibility index (Phi) is 10.9. The summed E-state index contributed by atoms with van der Waals surface area (Å²) in [6, 6.07) is 9.17. The van der Waals surface area contributed by atoms with Gasteiger partial charge in [-0.1, -0.05) is 59.0 Å². The minimum atomic E-state index is -3.81. The first-order valence-electron chi connectivity index (χ1n) is 11.1. The predicted molar refractivity (Wildman–Crippen MR) is 145 cm³/mol. The molecule has 35 heavy (non-hydrogen) atoms. The van der Waals surface area contributed by atoms with Crippen LogP contribution in [-0.4, -0.2) is 50.5 Å². The van der Waals surface area contributed by atoms with Gasteiger partial charge in [-0.3, -0.25) is 13.9 Å². The number of halogens is 3. The first-order chi connectivity index (χ1) is 16.4. The highest BCUT2D eigenvalue weighted by atomic mass is 79.9. The SMILES string of the molecule is CCCNC(=O)C(CC)N(Cc1c(Cl)cccc1Cl)C(=O)CN(c1ccc(Br)c(C)c1)S(C)(=O)=O. The molecular formula is C24H30BrCl2N3O4S. The Morgan fingerprint density at radius 2 is 1.74 bits per heavy atom. The van der Waals surface area contributed by atoms with Gasteiger partial charge in [0.05, 0.1) is 11.9 Å². The minimum Gasteiger partial charge on any atom is -0.354 e. The van der Waals surface area contributed by atoms with Gasteiger partial charge in [0.15, 0.2) is 0 Å². The van der Waals surface area contributed by atoms with Crippen molar-refractivity contribution in [3.8, 4) is 0 Å². The maximum Gasteiger partial charge on any atom is 0.244 e. The fraction of sp³-hybridized carbons (Fsp3) is 0.417. The van der Waals surface area contributed by atoms with E-state index < -0.39 is 28.5 Å². The third kappa shape index (κ3) is 7.84. The lowest BCUT2D eigenvalue weighted by molar-refractivity contribution is -0.140. The van der Waals surface area contributed by atoms with E-state index >= 15 is 0 Å². The Hall–Kier alpha value is -1.81. The van der Waals surface area contributed by atoms with Crippen molar-refractivity contribution in [2.75, 3.05) is 23.7 Å². The van der Waals surface area contributed by atoms with E-state index in [9.17, 15) is 18.0 Å². The lowest BCUT2D eigenvalue weighted by Crippen LogP contribution is -2.52. The van der Waals surface area contributed by atoms with Gasteiger partial charge in [-0.2, -0.15) is 0 Å². The molecule has 192 valence electrons. The molecule has 0 bridgehead atoms. The second kappa shape index (κ2) is 12.9. The number of amides is 2. The molecule has 0 fully saturated rings. The van der Waals surface area contributed by atoms with Gasteiger partial charge in [-0.05, 0) is 55.7 Å². The summed E-state index contributed by atoms with van der Waals surface area (Å²) in [7, 11) is -3.81. The van der Waals surface area contributed by atoms with Crippen LogP contribution in [0.4, 0.5) is 5.69 Å². The van der Waals surface area contributed by atoms with Crippen LogP contribution in [0.3, 0.4) is 0 Å². The van der Waals surface area contributed by atoms with Crippen LogP contribution in [-0.2, 0) is 26.2 Å². The molecule has 1 N–H and O–H groups in total. The standard InChI is InChI=1S/C24H30BrCl2N3O4S/c1-5-12-28-24(32)22(6-2)29(14-18-20(26)8-7-9-21(18)27)23(31)15-30(35(4,33)34)17-10-11-19(25)16(3)13-17/h7-11,13,22H,5-6,12,14-15H2,1-4H3,(H,28,32). The van der Waals surface area contributed by atoms with Crippen LogP contribution in [0, 0.1) is 6.92 Å². The molecule has 11 heteroatoms. The molecule has 1 atom stereocenters. The number of nitrogens with one attached hydrogen (secondary N) is 1. The number of carbonyl (C=O) groups excluding carboxylic acids is 2. The van der Waals surface area contributed by atoms with Crippen LogP contribution < -0.4 is 9.62 Å². The van der Waals surface area contributed by atoms with Crippen molar-refractivity contribution in [2.45, 2.75) is 46.2 Å². The van der Waals surface area contributed by atoms with Crippen LogP contribution in [0.15, 0.2) is 40.9 Å². The van der Waals surface area contributed by atoms with Gasteiger partial charge in [0.1, 0.15) is 12.6 Å². The lowest BCUT2D eigenvalue weighted by Gasteiger charge is -2.33. The molecule has 0 saturated heterocycles. The van der Waals surface area contributed by atoms with Crippen LogP contribution in [0.25, 0.3) is 0 Å². The number of nitrogens with zero attached hydrogens (tertiary/aromatic N) is 2. The maximum absolute atomic E-state index is 13.7. The van der Waals surface area contributed by atoms with Crippen molar-refractivity contribution in [2.24, 2.45) is 0 Å². The molecule has 0 aliphatic heterocycles. The predicted octanol–water partition coefficient (Wildman–Crippen LogP) is 5.16. The van der Waals surface area contributed by atoms with E-state index in [2.05, 4.69) is 21.2 Å². The summed E-state index contributed by atoms with van der Waals surface area (Å²) < 4.78 is 27.2. The molecule has 0 aliphatic rings. The highest BCUT2D eigenvalue weighted by Gasteiger charge is 2.32. The Bertz CT molecular complexity index is 1160. The zero-order valence-electron chi connectivity index (χ0n) is 20.1. The zero-order valence-corrected chi connectivity index (χ0v) is 24.1. The van der Waals surface area contributed by atoms with Gasteiger partial charge < -0.3 is 10.2 Å². The summed E-state index contributed by atoms with van der Waals surface area (Å²) in [5, 5.41) is 3.53. The first kappa shape index (κ1) is 29.4. The zero-order chi connectivity index (χ0) is 26.3. The molecule has 0 saturated carbocycles. The number of carbonyl (C=O) groups is 2. The quantitative estimate of drug-likeness (QED) is 0.383. The first-order valence-corrected chi connectivity index (χ1v) is 14.5. The average molecular weight is 607 g/mol. The fourth-order valence-corrected chi connectivity index (χ4v) is 5.14. The van der Waals surface area contributed by atoms with E-state index in [4.69, 9.17) is 23.2 Å². The molecule has 2 aromatic rings. The summed E-state index contributed by atoms with van der Waals surface area (Å²) in [6.07, 6.45) is 2.09. The average Bonchev–Trinajstić information content (AvgIpc) is 2.78. The van der Waals surface area contributed by atoms with Crippen LogP contribution in [0.2, 0.25) is 10.0 Å². The molecule has 0 aromatic heterocycles. The molecule has 2 aromatic carbocycles. The van der Waals surface area contributed by atoms with E-state index in [1.807, 2.05) is 13.8 Å². The monoisotopic (exact) mass is 605 g/mol. The smallest absolute Gasteiger partial charge is 0.244 e. The Morgan fingerprint density at radius 1 is 1.11 bits per heavy atom. The summed E-state index contributed by atoms with van der Waals surface area (Å²) in [5.74, 6) is -0.873. The Balaban J connectivity index is 2.50. The fourth-order valence-electron chi connectivity index (χ4n) is 3.54. The maximum atomic E-state index is 13.7. The third-order valence-corrected chi connectivity index (χ3v) is 8.17. The van der Waals surface area contributed by atoms with Crippen molar-refractivity contribution >= 4 is 66.7 Å². The number of rotatable bonds is 11. The van der Waals surface area contributed by atoms with Gasteiger partial charge in [-0.15, -0.1) is 0 Å². The summed E-state index contributed by atoms with van der Waals surface area (Å²) in [4.78, 5) is 28.0. The molecule has 2 amide bonds. The van der Waals surface area contributed by atoms with E-state index in [-0.39, 0.29) is 12.5 Å². The molecule has 0 aliphatic carbocycles. The number of anilines is 1. The number of hydrogen-bond acceptors (Lipinski definition) is 4. The topological polar surface area (TPSA) is 86.8 Å². The van der Waals surface area contributed by atoms with Crippen molar-refractivity contribution in [3.63, 3.8) is 0 Å². The van der Waals surface area contributed by atoms with Gasteiger partial charge in [-0.25, -0.2) is 8.42 Å². The van der Waals surface area contributed by atoms with E-state index in [1.54, 1.807) is 43.3 Å². The highest BCUT2D eigenvalue weighted by Crippen LogP contribution is 2.28. The third-order valence-electron chi connectivity index (χ3n) is 5.43. The number of hydrogen-bond donors (Lipinski definition) is 1. The van der Waals surface area contributed by atoms with E-state index in [1.165, 1.54) is 4.90 Å². The van der Waals surface area contributed by atoms with Gasteiger partial charge in [0, 0.05) is 33.2 Å². The van der Waals surface area contributed by atoms with Crippen molar-refractivity contribution in [3.05, 3.63) is 62.0 Å². The van der Waals surface area contributed by atoms with Crippen LogP contribution in [0.1, 0.15) is 37.8 Å². The summed E-state index contributed by atoms with van der Waals surface area (Å²) in [5.41, 5.74) is 1.64.